The van der Waals surface area contributed by atoms with Crippen LogP contribution in [-0.4, -0.2) is 25.2 Å². The van der Waals surface area contributed by atoms with Gasteiger partial charge in [-0.3, -0.25) is 13.9 Å². The Kier molecular flexibility index (Phi) is 6.20. The highest BCUT2D eigenvalue weighted by atomic mass is 19.4. The van der Waals surface area contributed by atoms with Crippen molar-refractivity contribution in [1.82, 2.24) is 18.9 Å². The van der Waals surface area contributed by atoms with Crippen LogP contribution in [0.1, 0.15) is 17.5 Å². The smallest absolute Gasteiger partial charge is 0.303 e. The molecule has 0 atom stereocenters. The van der Waals surface area contributed by atoms with Crippen LogP contribution in [0.15, 0.2) is 76.6 Å². The summed E-state index contributed by atoms with van der Waals surface area (Å²) in [7, 11) is 0. The minimum atomic E-state index is -4.64. The van der Waals surface area contributed by atoms with Gasteiger partial charge in [-0.1, -0.05) is 6.07 Å². The number of aldehydes is 1. The Morgan fingerprint density at radius 2 is 1.77 bits per heavy atom. The van der Waals surface area contributed by atoms with Gasteiger partial charge in [-0.2, -0.15) is 23.5 Å². The van der Waals surface area contributed by atoms with Crippen molar-refractivity contribution in [3.63, 3.8) is 0 Å². The van der Waals surface area contributed by atoms with E-state index in [1.54, 1.807) is 24.3 Å². The summed E-state index contributed by atoms with van der Waals surface area (Å²) in [5.41, 5.74) is -1.50. The average molecular weight is 479 g/mol. The molecule has 0 bridgehead atoms. The van der Waals surface area contributed by atoms with Gasteiger partial charge < -0.3 is 4.79 Å². The molecule has 4 aromatic rings. The zero-order valence-corrected chi connectivity index (χ0v) is 17.9. The lowest BCUT2D eigenvalue weighted by molar-refractivity contribution is -0.137. The number of hydrogen-bond acceptors (Lipinski definition) is 5. The zero-order valence-electron chi connectivity index (χ0n) is 17.9. The summed E-state index contributed by atoms with van der Waals surface area (Å²) in [6, 6.07) is 14.0. The van der Waals surface area contributed by atoms with Crippen molar-refractivity contribution in [2.75, 3.05) is 0 Å². The van der Waals surface area contributed by atoms with Gasteiger partial charge in [0.1, 0.15) is 6.29 Å². The molecule has 4 rings (SSSR count). The standard InChI is InChI=1S/C24H16F3N5O3/c25-24(26,27)17-3-1-4-19(13-17)31-15-20(22(34)30(23(31)35)11-2-12-33)21-9-10-29-32(21)18-7-5-16(14-28)6-8-18/h1,3-10,12-13,15H,2,11H2. The van der Waals surface area contributed by atoms with Crippen LogP contribution in [0.2, 0.25) is 0 Å². The molecule has 11 heteroatoms. The fourth-order valence-electron chi connectivity index (χ4n) is 3.56. The number of benzene rings is 2. The number of halogens is 3. The molecule has 176 valence electrons. The van der Waals surface area contributed by atoms with Crippen LogP contribution in [0.25, 0.3) is 22.6 Å². The van der Waals surface area contributed by atoms with Gasteiger partial charge in [-0.15, -0.1) is 0 Å². The van der Waals surface area contributed by atoms with Gasteiger partial charge in [0.05, 0.1) is 46.0 Å². The van der Waals surface area contributed by atoms with Crippen LogP contribution >= 0.6 is 0 Å². The molecule has 2 heterocycles. The van der Waals surface area contributed by atoms with E-state index >= 15 is 0 Å². The molecule has 0 fully saturated rings. The second-order valence-electron chi connectivity index (χ2n) is 7.44. The number of carbonyl (C=O) groups excluding carboxylic acids is 1. The topological polar surface area (TPSA) is 103 Å². The molecule has 35 heavy (non-hydrogen) atoms. The Morgan fingerprint density at radius 3 is 2.43 bits per heavy atom. The Balaban J connectivity index is 1.96. The number of rotatable bonds is 6. The maximum absolute atomic E-state index is 13.3. The SMILES string of the molecule is N#Cc1ccc(-n2nccc2-c2cn(-c3cccc(C(F)(F)F)c3)c(=O)n(CCC=O)c2=O)cc1. The lowest BCUT2D eigenvalue weighted by Gasteiger charge is -2.15. The molecule has 0 spiro atoms. The molecule has 0 aliphatic carbocycles. The Labute approximate surface area is 195 Å². The average Bonchev–Trinajstić information content (AvgIpc) is 3.33. The van der Waals surface area contributed by atoms with Gasteiger partial charge in [0, 0.05) is 19.2 Å². The van der Waals surface area contributed by atoms with Gasteiger partial charge >= 0.3 is 11.9 Å². The Morgan fingerprint density at radius 1 is 1.03 bits per heavy atom. The van der Waals surface area contributed by atoms with E-state index in [4.69, 9.17) is 5.26 Å². The molecule has 0 aliphatic heterocycles. The van der Waals surface area contributed by atoms with Crippen molar-refractivity contribution in [3.05, 3.63) is 99.0 Å². The van der Waals surface area contributed by atoms with Crippen LogP contribution in [-0.2, 0) is 17.5 Å². The summed E-state index contributed by atoms with van der Waals surface area (Å²) in [4.78, 5) is 37.3. The van der Waals surface area contributed by atoms with Crippen molar-refractivity contribution in [3.8, 4) is 28.7 Å². The summed E-state index contributed by atoms with van der Waals surface area (Å²) in [5, 5.41) is 13.2. The minimum absolute atomic E-state index is 0.0187. The number of hydrogen-bond donors (Lipinski definition) is 0. The molecule has 2 aromatic carbocycles. The molecule has 0 saturated heterocycles. The van der Waals surface area contributed by atoms with E-state index in [-0.39, 0.29) is 29.9 Å². The molecule has 0 saturated carbocycles. The molecule has 0 N–H and O–H groups in total. The van der Waals surface area contributed by atoms with E-state index in [2.05, 4.69) is 5.10 Å². The van der Waals surface area contributed by atoms with Crippen LogP contribution < -0.4 is 11.2 Å². The van der Waals surface area contributed by atoms with Gasteiger partial charge in [0.15, 0.2) is 0 Å². The number of alkyl halides is 3. The lowest BCUT2D eigenvalue weighted by atomic mass is 10.1. The van der Waals surface area contributed by atoms with Crippen LogP contribution in [0.3, 0.4) is 0 Å². The maximum Gasteiger partial charge on any atom is 0.416 e. The number of carbonyl (C=O) groups is 1. The van der Waals surface area contributed by atoms with E-state index in [0.29, 0.717) is 17.5 Å². The predicted molar refractivity (Wildman–Crippen MR) is 119 cm³/mol. The quantitative estimate of drug-likeness (QED) is 0.395. The molecule has 0 unspecified atom stereocenters. The van der Waals surface area contributed by atoms with E-state index < -0.39 is 23.0 Å². The van der Waals surface area contributed by atoms with E-state index in [1.807, 2.05) is 6.07 Å². The molecule has 2 aromatic heterocycles. The highest BCUT2D eigenvalue weighted by Crippen LogP contribution is 2.30. The third kappa shape index (κ3) is 4.54. The highest BCUT2D eigenvalue weighted by Gasteiger charge is 2.30. The third-order valence-corrected chi connectivity index (χ3v) is 5.25. The fraction of sp³-hybridized carbons (Fsp3) is 0.125. The summed E-state index contributed by atoms with van der Waals surface area (Å²) in [6.07, 6.45) is -1.66. The van der Waals surface area contributed by atoms with E-state index in [9.17, 15) is 27.6 Å². The molecular weight excluding hydrogens is 463 g/mol. The molecule has 8 nitrogen and oxygen atoms in total. The Hall–Kier alpha value is -4.72. The number of nitrogens with zero attached hydrogens (tertiary/aromatic N) is 5. The minimum Gasteiger partial charge on any atom is -0.303 e. The molecule has 0 radical (unpaired) electrons. The summed E-state index contributed by atoms with van der Waals surface area (Å²) < 4.78 is 43.0. The first kappa shape index (κ1) is 23.4. The van der Waals surface area contributed by atoms with Crippen LogP contribution in [0, 0.1) is 11.3 Å². The third-order valence-electron chi connectivity index (χ3n) is 5.25. The first-order valence-corrected chi connectivity index (χ1v) is 10.3. The number of nitriles is 1. The van der Waals surface area contributed by atoms with E-state index in [0.717, 1.165) is 33.5 Å². The Bertz CT molecular complexity index is 1560. The molecule has 0 aliphatic rings. The first-order chi connectivity index (χ1) is 16.7. The van der Waals surface area contributed by atoms with Crippen LogP contribution in [0.4, 0.5) is 13.2 Å². The lowest BCUT2D eigenvalue weighted by Crippen LogP contribution is -2.40. The second kappa shape index (κ2) is 9.26. The zero-order chi connectivity index (χ0) is 25.2. The highest BCUT2D eigenvalue weighted by molar-refractivity contribution is 5.61. The summed E-state index contributed by atoms with van der Waals surface area (Å²) in [6.45, 7) is -0.251. The van der Waals surface area contributed by atoms with Crippen LogP contribution in [0.5, 0.6) is 0 Å². The van der Waals surface area contributed by atoms with Gasteiger partial charge in [-0.25, -0.2) is 9.48 Å². The van der Waals surface area contributed by atoms with Gasteiger partial charge in [0.2, 0.25) is 0 Å². The largest absolute Gasteiger partial charge is 0.416 e. The van der Waals surface area contributed by atoms with Crippen molar-refractivity contribution in [2.24, 2.45) is 0 Å². The fourth-order valence-corrected chi connectivity index (χ4v) is 3.56. The summed E-state index contributed by atoms with van der Waals surface area (Å²) >= 11 is 0. The van der Waals surface area contributed by atoms with Crippen molar-refractivity contribution < 1.29 is 18.0 Å². The van der Waals surface area contributed by atoms with Crippen molar-refractivity contribution in [2.45, 2.75) is 19.1 Å². The maximum atomic E-state index is 13.3. The van der Waals surface area contributed by atoms with Crippen molar-refractivity contribution >= 4 is 6.29 Å². The first-order valence-electron chi connectivity index (χ1n) is 10.3. The summed E-state index contributed by atoms with van der Waals surface area (Å²) in [5.74, 6) is 0. The van der Waals surface area contributed by atoms with Gasteiger partial charge in [0.25, 0.3) is 5.56 Å². The van der Waals surface area contributed by atoms with Gasteiger partial charge in [-0.05, 0) is 48.5 Å². The molecular formula is C24H16F3N5O3. The van der Waals surface area contributed by atoms with Crippen molar-refractivity contribution in [1.29, 1.82) is 5.26 Å². The molecule has 0 amide bonds. The van der Waals surface area contributed by atoms with E-state index in [1.165, 1.54) is 23.0 Å². The predicted octanol–water partition coefficient (Wildman–Crippen LogP) is 3.33. The monoisotopic (exact) mass is 479 g/mol. The number of aromatic nitrogens is 4. The normalized spacial score (nSPS) is 11.3. The second-order valence-corrected chi connectivity index (χ2v) is 7.44.